The van der Waals surface area contributed by atoms with Crippen LogP contribution < -0.4 is 15.3 Å². The number of nitrogens with zero attached hydrogens (tertiary/aromatic N) is 3. The molecule has 0 radical (unpaired) electrons. The third-order valence-electron chi connectivity index (χ3n) is 6.40. The molecule has 0 bridgehead atoms. The van der Waals surface area contributed by atoms with Gasteiger partial charge in [0.1, 0.15) is 35.3 Å². The van der Waals surface area contributed by atoms with Crippen LogP contribution in [0, 0.1) is 0 Å². The molecule has 3 N–H and O–H groups in total. The highest BCUT2D eigenvalue weighted by Gasteiger charge is 2.62. The molecule has 0 aliphatic carbocycles. The second-order valence-electron chi connectivity index (χ2n) is 9.93. The normalized spacial score (nSPS) is 26.1. The van der Waals surface area contributed by atoms with E-state index in [1.807, 2.05) is 0 Å². The number of ether oxygens (including phenoxy) is 4. The fourth-order valence-corrected chi connectivity index (χ4v) is 6.15. The standard InChI is InChI=1S/C25H30N5O9P/c1-14(2)35-23(31)15(3)29-40(33,39-16-8-6-5-7-9-16)34-12-25(4)21-20(36-24(32)37-21)19(38-25)17-10-11-18-22(26)27-13-28-30(17)18/h5-11,13-15,19-21H,12H2,1-4H3,(H,29,33)(H2,26,27,28)/t15-,19-,20-,21-,25+,40-/m0/s1. The van der Waals surface area contributed by atoms with E-state index in [-0.39, 0.29) is 24.3 Å². The van der Waals surface area contributed by atoms with Crippen molar-refractivity contribution in [2.24, 2.45) is 0 Å². The van der Waals surface area contributed by atoms with Gasteiger partial charge in [0, 0.05) is 0 Å². The van der Waals surface area contributed by atoms with Gasteiger partial charge in [-0.2, -0.15) is 10.2 Å². The molecule has 3 aromatic rings. The number of esters is 1. The molecule has 214 valence electrons. The summed E-state index contributed by atoms with van der Waals surface area (Å²) in [6.45, 7) is 6.14. The maximum atomic E-state index is 14.0. The minimum Gasteiger partial charge on any atom is -0.462 e. The van der Waals surface area contributed by atoms with Crippen molar-refractivity contribution in [2.45, 2.75) is 63.8 Å². The number of hydrogen-bond donors (Lipinski definition) is 2. The molecule has 4 heterocycles. The summed E-state index contributed by atoms with van der Waals surface area (Å²) in [6, 6.07) is 10.7. The number of para-hydroxylation sites is 1. The van der Waals surface area contributed by atoms with E-state index >= 15 is 0 Å². The van der Waals surface area contributed by atoms with Crippen LogP contribution in [0.25, 0.3) is 5.52 Å². The molecule has 2 fully saturated rings. The van der Waals surface area contributed by atoms with Crippen LogP contribution in [0.4, 0.5) is 10.6 Å². The third-order valence-corrected chi connectivity index (χ3v) is 8.02. The van der Waals surface area contributed by atoms with Crippen LogP contribution in [0.1, 0.15) is 39.5 Å². The highest BCUT2D eigenvalue weighted by molar-refractivity contribution is 7.52. The van der Waals surface area contributed by atoms with Crippen molar-refractivity contribution in [2.75, 3.05) is 12.3 Å². The molecule has 2 aliphatic rings. The quantitative estimate of drug-likeness (QED) is 0.267. The van der Waals surface area contributed by atoms with E-state index in [9.17, 15) is 14.2 Å². The minimum absolute atomic E-state index is 0.239. The molecule has 14 nitrogen and oxygen atoms in total. The Kier molecular flexibility index (Phi) is 7.44. The summed E-state index contributed by atoms with van der Waals surface area (Å²) in [6.07, 6.45) is -2.58. The van der Waals surface area contributed by atoms with Crippen LogP contribution in [-0.2, 0) is 32.8 Å². The number of carbonyl (C=O) groups excluding carboxylic acids is 2. The average Bonchev–Trinajstić information content (AvgIpc) is 3.57. The van der Waals surface area contributed by atoms with Gasteiger partial charge >= 0.3 is 19.9 Å². The third kappa shape index (κ3) is 5.48. The molecule has 0 unspecified atom stereocenters. The van der Waals surface area contributed by atoms with Crippen LogP contribution >= 0.6 is 7.75 Å². The van der Waals surface area contributed by atoms with Gasteiger partial charge in [-0.3, -0.25) is 9.32 Å². The lowest BCUT2D eigenvalue weighted by atomic mass is 9.97. The summed E-state index contributed by atoms with van der Waals surface area (Å²) in [5.74, 6) is -0.140. The molecule has 6 atom stereocenters. The molecular weight excluding hydrogens is 545 g/mol. The minimum atomic E-state index is -4.22. The van der Waals surface area contributed by atoms with Crippen molar-refractivity contribution >= 4 is 31.2 Å². The fraction of sp³-hybridized carbons (Fsp3) is 0.440. The summed E-state index contributed by atoms with van der Waals surface area (Å²) >= 11 is 0. The van der Waals surface area contributed by atoms with E-state index in [0.717, 1.165) is 0 Å². The van der Waals surface area contributed by atoms with Crippen LogP contribution in [0.5, 0.6) is 5.75 Å². The zero-order valence-electron chi connectivity index (χ0n) is 22.3. The smallest absolute Gasteiger partial charge is 0.462 e. The first-order chi connectivity index (χ1) is 19.0. The van der Waals surface area contributed by atoms with Crippen LogP contribution in [-0.4, -0.2) is 63.3 Å². The summed E-state index contributed by atoms with van der Waals surface area (Å²) in [5, 5.41) is 6.88. The van der Waals surface area contributed by atoms with Gasteiger partial charge in [0.05, 0.1) is 18.4 Å². The molecule has 0 amide bonds. The van der Waals surface area contributed by atoms with Crippen molar-refractivity contribution in [3.63, 3.8) is 0 Å². The van der Waals surface area contributed by atoms with Gasteiger partial charge in [-0.25, -0.2) is 18.9 Å². The number of nitrogens with two attached hydrogens (primary N) is 1. The average molecular weight is 576 g/mol. The van der Waals surface area contributed by atoms with Gasteiger partial charge in [-0.15, -0.1) is 0 Å². The number of benzene rings is 1. The van der Waals surface area contributed by atoms with E-state index in [4.69, 9.17) is 33.7 Å². The van der Waals surface area contributed by atoms with Gasteiger partial charge < -0.3 is 29.2 Å². The van der Waals surface area contributed by atoms with Gasteiger partial charge in [-0.1, -0.05) is 18.2 Å². The van der Waals surface area contributed by atoms with Crippen molar-refractivity contribution < 1.29 is 42.1 Å². The summed E-state index contributed by atoms with van der Waals surface area (Å²) in [4.78, 5) is 28.6. The monoisotopic (exact) mass is 575 g/mol. The lowest BCUT2D eigenvalue weighted by Gasteiger charge is -2.30. The lowest BCUT2D eigenvalue weighted by molar-refractivity contribution is -0.149. The molecule has 0 saturated carbocycles. The number of aromatic nitrogens is 3. The second-order valence-corrected chi connectivity index (χ2v) is 11.6. The predicted molar refractivity (Wildman–Crippen MR) is 139 cm³/mol. The number of carbonyl (C=O) groups is 2. The Morgan fingerprint density at radius 3 is 2.67 bits per heavy atom. The Balaban J connectivity index is 1.40. The maximum Gasteiger partial charge on any atom is 0.509 e. The molecule has 2 aliphatic heterocycles. The number of nitrogen functional groups attached to an aromatic ring is 1. The topological polar surface area (TPSA) is 175 Å². The van der Waals surface area contributed by atoms with Crippen LogP contribution in [0.3, 0.4) is 0 Å². The molecule has 0 spiro atoms. The number of nitrogens with one attached hydrogen (secondary N) is 1. The molecule has 15 heteroatoms. The maximum absolute atomic E-state index is 14.0. The van der Waals surface area contributed by atoms with Gasteiger partial charge in [0.25, 0.3) is 0 Å². The van der Waals surface area contributed by atoms with Crippen LogP contribution in [0.2, 0.25) is 0 Å². The summed E-state index contributed by atoms with van der Waals surface area (Å²) < 4.78 is 49.6. The first-order valence-corrected chi connectivity index (χ1v) is 14.1. The first kappa shape index (κ1) is 27.8. The van der Waals surface area contributed by atoms with E-state index < -0.39 is 49.8 Å². The Bertz CT molecular complexity index is 1450. The van der Waals surface area contributed by atoms with E-state index in [1.54, 1.807) is 63.2 Å². The number of anilines is 1. The predicted octanol–water partition coefficient (Wildman–Crippen LogP) is 3.18. The zero-order valence-corrected chi connectivity index (χ0v) is 23.1. The van der Waals surface area contributed by atoms with E-state index in [0.29, 0.717) is 11.2 Å². The van der Waals surface area contributed by atoms with E-state index in [2.05, 4.69) is 15.2 Å². The van der Waals surface area contributed by atoms with Gasteiger partial charge in [0.15, 0.2) is 18.0 Å². The molecule has 2 saturated heterocycles. The zero-order chi connectivity index (χ0) is 28.7. The van der Waals surface area contributed by atoms with Crippen molar-refractivity contribution in [3.05, 3.63) is 54.5 Å². The highest BCUT2D eigenvalue weighted by atomic mass is 31.2. The molecule has 40 heavy (non-hydrogen) atoms. The van der Waals surface area contributed by atoms with Gasteiger partial charge in [-0.05, 0) is 52.0 Å². The summed E-state index contributed by atoms with van der Waals surface area (Å²) in [7, 11) is -4.22. The van der Waals surface area contributed by atoms with Crippen molar-refractivity contribution in [1.82, 2.24) is 19.7 Å². The number of rotatable bonds is 10. The Labute approximate surface area is 229 Å². The lowest BCUT2D eigenvalue weighted by Crippen LogP contribution is -2.44. The van der Waals surface area contributed by atoms with Crippen LogP contribution in [0.15, 0.2) is 48.8 Å². The Morgan fingerprint density at radius 1 is 1.20 bits per heavy atom. The molecule has 1 aromatic carbocycles. The van der Waals surface area contributed by atoms with Gasteiger partial charge in [0.2, 0.25) is 0 Å². The molecule has 5 rings (SSSR count). The SMILES string of the molecule is CC(C)OC(=O)[C@H](C)N[P@](=O)(OC[C@@]1(C)O[C@@H](c2ccc3c(N)ncnn23)[C@@H]2OC(=O)O[C@@H]21)Oc1ccccc1. The Morgan fingerprint density at radius 2 is 1.95 bits per heavy atom. The van der Waals surface area contributed by atoms with Crippen molar-refractivity contribution in [3.8, 4) is 5.75 Å². The Hall–Kier alpha value is -3.71. The summed E-state index contributed by atoms with van der Waals surface area (Å²) in [5.41, 5.74) is 5.70. The highest BCUT2D eigenvalue weighted by Crippen LogP contribution is 2.51. The molecular formula is C25H30N5O9P. The first-order valence-electron chi connectivity index (χ1n) is 12.6. The second kappa shape index (κ2) is 10.7. The number of fused-ring (bicyclic) bond motifs is 2. The molecule has 2 aromatic heterocycles. The fourth-order valence-electron chi connectivity index (χ4n) is 4.57. The largest absolute Gasteiger partial charge is 0.509 e. The number of hydrogen-bond acceptors (Lipinski definition) is 12. The van der Waals surface area contributed by atoms with Crippen molar-refractivity contribution in [1.29, 1.82) is 0 Å². The van der Waals surface area contributed by atoms with E-state index in [1.165, 1.54) is 17.8 Å².